The fraction of sp³-hybridized carbons (Fsp3) is 0.308. The average Bonchev–Trinajstić information content (AvgIpc) is 2.73. The highest BCUT2D eigenvalue weighted by atomic mass is 35.5. The van der Waals surface area contributed by atoms with E-state index >= 15 is 0 Å². The number of rotatable bonds is 4. The maximum atomic E-state index is 10.0. The number of hydrogen-bond donors (Lipinski definition) is 1. The first-order valence-corrected chi connectivity index (χ1v) is 5.94. The van der Waals surface area contributed by atoms with Crippen LogP contribution in [0.2, 0.25) is 5.02 Å². The van der Waals surface area contributed by atoms with Crippen molar-refractivity contribution in [3.63, 3.8) is 0 Å². The molecule has 0 radical (unpaired) electrons. The lowest BCUT2D eigenvalue weighted by Gasteiger charge is -2.10. The zero-order valence-electron chi connectivity index (χ0n) is 9.68. The van der Waals surface area contributed by atoms with Gasteiger partial charge < -0.3 is 5.11 Å². The molecule has 17 heavy (non-hydrogen) atoms. The van der Waals surface area contributed by atoms with Crippen LogP contribution in [0, 0.1) is 0 Å². The first kappa shape index (κ1) is 12.1. The van der Waals surface area contributed by atoms with Crippen LogP contribution in [0.1, 0.15) is 23.7 Å². The molecule has 1 unspecified atom stereocenters. The van der Waals surface area contributed by atoms with E-state index in [0.717, 1.165) is 17.5 Å². The van der Waals surface area contributed by atoms with E-state index in [1.807, 2.05) is 31.6 Å². The van der Waals surface area contributed by atoms with Gasteiger partial charge in [0.2, 0.25) is 0 Å². The van der Waals surface area contributed by atoms with Gasteiger partial charge in [-0.3, -0.25) is 4.68 Å². The van der Waals surface area contributed by atoms with E-state index < -0.39 is 6.10 Å². The molecule has 0 bridgehead atoms. The van der Waals surface area contributed by atoms with Crippen LogP contribution >= 0.6 is 11.6 Å². The van der Waals surface area contributed by atoms with Gasteiger partial charge in [0.25, 0.3) is 0 Å². The summed E-state index contributed by atoms with van der Waals surface area (Å²) in [4.78, 5) is 0. The Labute approximate surface area is 106 Å². The van der Waals surface area contributed by atoms with Gasteiger partial charge >= 0.3 is 0 Å². The van der Waals surface area contributed by atoms with Crippen LogP contribution in [0.3, 0.4) is 0 Å². The van der Waals surface area contributed by atoms with Crippen LogP contribution in [-0.2, 0) is 13.5 Å². The summed E-state index contributed by atoms with van der Waals surface area (Å²) in [7, 11) is 1.89. The van der Waals surface area contributed by atoms with Gasteiger partial charge in [-0.2, -0.15) is 5.10 Å². The van der Waals surface area contributed by atoms with Crippen molar-refractivity contribution in [2.24, 2.45) is 7.05 Å². The fourth-order valence-electron chi connectivity index (χ4n) is 1.76. The van der Waals surface area contributed by atoms with E-state index in [1.54, 1.807) is 16.8 Å². The maximum absolute atomic E-state index is 10.0. The van der Waals surface area contributed by atoms with Crippen molar-refractivity contribution in [2.75, 3.05) is 0 Å². The summed E-state index contributed by atoms with van der Waals surface area (Å²) in [5, 5.41) is 14.8. The van der Waals surface area contributed by atoms with Gasteiger partial charge in [0.1, 0.15) is 0 Å². The van der Waals surface area contributed by atoms with Crippen LogP contribution in [0.25, 0.3) is 0 Å². The number of aryl methyl sites for hydroxylation is 2. The third-order valence-electron chi connectivity index (χ3n) is 2.72. The monoisotopic (exact) mass is 250 g/mol. The second kappa shape index (κ2) is 5.34. The lowest BCUT2D eigenvalue weighted by molar-refractivity contribution is 0.168. The molecule has 0 amide bonds. The predicted octanol–water partition coefficient (Wildman–Crippen LogP) is 2.74. The highest BCUT2D eigenvalue weighted by Gasteiger charge is 2.08. The topological polar surface area (TPSA) is 38.0 Å². The zero-order valence-corrected chi connectivity index (χ0v) is 10.4. The third-order valence-corrected chi connectivity index (χ3v) is 2.97. The Morgan fingerprint density at radius 1 is 1.35 bits per heavy atom. The van der Waals surface area contributed by atoms with E-state index in [-0.39, 0.29) is 0 Å². The molecule has 1 N–H and O–H groups in total. The molecule has 0 saturated carbocycles. The summed E-state index contributed by atoms with van der Waals surface area (Å²) in [6.07, 6.45) is 4.85. The molecular weight excluding hydrogens is 236 g/mol. The molecule has 2 rings (SSSR count). The van der Waals surface area contributed by atoms with Crippen LogP contribution in [-0.4, -0.2) is 14.9 Å². The molecule has 1 atom stereocenters. The van der Waals surface area contributed by atoms with Crippen LogP contribution in [0.5, 0.6) is 0 Å². The molecule has 1 aromatic carbocycles. The Kier molecular flexibility index (Phi) is 3.82. The average molecular weight is 251 g/mol. The summed E-state index contributed by atoms with van der Waals surface area (Å²) in [5.41, 5.74) is 2.04. The molecule has 2 aromatic rings. The van der Waals surface area contributed by atoms with E-state index in [4.69, 9.17) is 11.6 Å². The molecular formula is C13H15ClN2O. The van der Waals surface area contributed by atoms with E-state index in [9.17, 15) is 5.11 Å². The van der Waals surface area contributed by atoms with Crippen molar-refractivity contribution in [3.05, 3.63) is 52.8 Å². The Morgan fingerprint density at radius 3 is 2.65 bits per heavy atom. The number of hydrogen-bond acceptors (Lipinski definition) is 2. The number of benzene rings is 1. The fourth-order valence-corrected chi connectivity index (χ4v) is 1.88. The van der Waals surface area contributed by atoms with E-state index in [0.29, 0.717) is 11.4 Å². The van der Waals surface area contributed by atoms with Gasteiger partial charge in [-0.15, -0.1) is 0 Å². The van der Waals surface area contributed by atoms with Gasteiger partial charge in [0.15, 0.2) is 0 Å². The Morgan fingerprint density at radius 2 is 2.06 bits per heavy atom. The first-order chi connectivity index (χ1) is 8.15. The highest BCUT2D eigenvalue weighted by Crippen LogP contribution is 2.20. The summed E-state index contributed by atoms with van der Waals surface area (Å²) >= 11 is 5.80. The smallest absolute Gasteiger partial charge is 0.0793 e. The van der Waals surface area contributed by atoms with Crippen LogP contribution in [0.4, 0.5) is 0 Å². The van der Waals surface area contributed by atoms with Crippen molar-refractivity contribution in [3.8, 4) is 0 Å². The SMILES string of the molecule is Cn1cc(CCC(O)c2ccc(Cl)cc2)cn1. The molecule has 0 fully saturated rings. The molecule has 0 saturated heterocycles. The maximum Gasteiger partial charge on any atom is 0.0793 e. The second-order valence-electron chi connectivity index (χ2n) is 4.13. The van der Waals surface area contributed by atoms with Crippen molar-refractivity contribution >= 4 is 11.6 Å². The van der Waals surface area contributed by atoms with Crippen molar-refractivity contribution < 1.29 is 5.11 Å². The normalized spacial score (nSPS) is 12.6. The standard InChI is InChI=1S/C13H15ClN2O/c1-16-9-10(8-15-16)2-7-13(17)11-3-5-12(14)6-4-11/h3-6,8-9,13,17H,2,7H2,1H3. The van der Waals surface area contributed by atoms with E-state index in [1.165, 1.54) is 0 Å². The molecule has 90 valence electrons. The van der Waals surface area contributed by atoms with Crippen LogP contribution < -0.4 is 0 Å². The minimum atomic E-state index is -0.451. The zero-order chi connectivity index (χ0) is 12.3. The molecule has 1 aromatic heterocycles. The second-order valence-corrected chi connectivity index (χ2v) is 4.56. The summed E-state index contributed by atoms with van der Waals surface area (Å²) in [6, 6.07) is 7.31. The number of aliphatic hydroxyl groups is 1. The molecule has 3 nitrogen and oxygen atoms in total. The Bertz CT molecular complexity index is 478. The van der Waals surface area contributed by atoms with Crippen molar-refractivity contribution in [1.82, 2.24) is 9.78 Å². The lowest BCUT2D eigenvalue weighted by atomic mass is 10.0. The summed E-state index contributed by atoms with van der Waals surface area (Å²) in [6.45, 7) is 0. The molecule has 0 aliphatic carbocycles. The summed E-state index contributed by atoms with van der Waals surface area (Å²) < 4.78 is 1.77. The van der Waals surface area contributed by atoms with Gasteiger partial charge in [-0.1, -0.05) is 23.7 Å². The van der Waals surface area contributed by atoms with Gasteiger partial charge in [0.05, 0.1) is 12.3 Å². The predicted molar refractivity (Wildman–Crippen MR) is 67.9 cm³/mol. The van der Waals surface area contributed by atoms with Crippen LogP contribution in [0.15, 0.2) is 36.7 Å². The van der Waals surface area contributed by atoms with Crippen molar-refractivity contribution in [2.45, 2.75) is 18.9 Å². The molecule has 0 spiro atoms. The van der Waals surface area contributed by atoms with Gasteiger partial charge in [0, 0.05) is 18.3 Å². The third kappa shape index (κ3) is 3.32. The number of halogens is 1. The molecule has 1 heterocycles. The molecule has 4 heteroatoms. The highest BCUT2D eigenvalue weighted by molar-refractivity contribution is 6.30. The number of aliphatic hydroxyl groups excluding tert-OH is 1. The minimum absolute atomic E-state index is 0.451. The largest absolute Gasteiger partial charge is 0.388 e. The van der Waals surface area contributed by atoms with Gasteiger partial charge in [-0.25, -0.2) is 0 Å². The number of aromatic nitrogens is 2. The minimum Gasteiger partial charge on any atom is -0.388 e. The lowest BCUT2D eigenvalue weighted by Crippen LogP contribution is -1.99. The quantitative estimate of drug-likeness (QED) is 0.906. The number of nitrogens with zero attached hydrogens (tertiary/aromatic N) is 2. The van der Waals surface area contributed by atoms with Gasteiger partial charge in [-0.05, 0) is 36.1 Å². The molecule has 0 aliphatic rings. The molecule has 0 aliphatic heterocycles. The summed E-state index contributed by atoms with van der Waals surface area (Å²) in [5.74, 6) is 0. The first-order valence-electron chi connectivity index (χ1n) is 5.56. The Balaban J connectivity index is 1.93. The van der Waals surface area contributed by atoms with Crippen molar-refractivity contribution in [1.29, 1.82) is 0 Å². The Hall–Kier alpha value is -1.32. The van der Waals surface area contributed by atoms with E-state index in [2.05, 4.69) is 5.10 Å².